The Morgan fingerprint density at radius 2 is 2.29 bits per heavy atom. The largest absolute Gasteiger partial charge is 0.325 e. The summed E-state index contributed by atoms with van der Waals surface area (Å²) >= 11 is 2.02. The fourth-order valence-corrected chi connectivity index (χ4v) is 2.59. The zero-order chi connectivity index (χ0) is 12.4. The van der Waals surface area contributed by atoms with Gasteiger partial charge in [0.05, 0.1) is 11.6 Å². The molecule has 0 aliphatic carbocycles. The van der Waals surface area contributed by atoms with Gasteiger partial charge in [-0.1, -0.05) is 6.92 Å². The fourth-order valence-electron chi connectivity index (χ4n) is 1.98. The molecule has 92 valence electrons. The molecule has 0 radical (unpaired) electrons. The molecule has 3 nitrogen and oxygen atoms in total. The van der Waals surface area contributed by atoms with Gasteiger partial charge in [0, 0.05) is 10.1 Å². The number of carbonyl (C=O) groups excluding carboxylic acids is 1. The minimum Gasteiger partial charge on any atom is -0.325 e. The highest BCUT2D eigenvalue weighted by atomic mass is 127. The molecular weight excluding hydrogens is 334 g/mol. The molecule has 0 unspecified atom stereocenters. The standard InChI is InChI=1S/C12H14FIN2O/c1-7-5-15-6-9(7)12(17)16-11-3-2-8(13)4-10(11)14/h2-4,7,9,15H,5-6H2,1H3,(H,16,17)/t7-,9-/m1/s1. The van der Waals surface area contributed by atoms with Crippen molar-refractivity contribution in [2.75, 3.05) is 18.4 Å². The molecule has 1 fully saturated rings. The molecule has 1 heterocycles. The molecule has 17 heavy (non-hydrogen) atoms. The first kappa shape index (κ1) is 12.8. The Kier molecular flexibility index (Phi) is 3.98. The van der Waals surface area contributed by atoms with Crippen LogP contribution >= 0.6 is 22.6 Å². The van der Waals surface area contributed by atoms with E-state index >= 15 is 0 Å². The van der Waals surface area contributed by atoms with Gasteiger partial charge in [0.15, 0.2) is 0 Å². The second-order valence-electron chi connectivity index (χ2n) is 4.36. The number of nitrogens with one attached hydrogen (secondary N) is 2. The van der Waals surface area contributed by atoms with Gasteiger partial charge in [0.1, 0.15) is 5.82 Å². The molecule has 0 saturated carbocycles. The zero-order valence-corrected chi connectivity index (χ0v) is 11.6. The molecule has 1 saturated heterocycles. The van der Waals surface area contributed by atoms with Crippen molar-refractivity contribution in [3.05, 3.63) is 27.6 Å². The molecule has 1 aliphatic heterocycles. The maximum Gasteiger partial charge on any atom is 0.229 e. The Morgan fingerprint density at radius 1 is 1.53 bits per heavy atom. The Hall–Kier alpha value is -0.690. The first-order valence-electron chi connectivity index (χ1n) is 5.54. The third-order valence-corrected chi connectivity index (χ3v) is 3.94. The van der Waals surface area contributed by atoms with Gasteiger partial charge in [-0.2, -0.15) is 0 Å². The van der Waals surface area contributed by atoms with Gasteiger partial charge in [0.25, 0.3) is 0 Å². The average molecular weight is 348 g/mol. The predicted octanol–water partition coefficient (Wildman–Crippen LogP) is 2.22. The maximum atomic E-state index is 12.9. The summed E-state index contributed by atoms with van der Waals surface area (Å²) in [5.74, 6) is 0.0549. The minimum absolute atomic E-state index is 0.00384. The molecule has 1 aromatic carbocycles. The number of benzene rings is 1. The monoisotopic (exact) mass is 348 g/mol. The molecule has 0 aromatic heterocycles. The molecule has 5 heteroatoms. The van der Waals surface area contributed by atoms with Crippen LogP contribution < -0.4 is 10.6 Å². The Balaban J connectivity index is 2.07. The number of hydrogen-bond donors (Lipinski definition) is 2. The lowest BCUT2D eigenvalue weighted by molar-refractivity contribution is -0.120. The van der Waals surface area contributed by atoms with Gasteiger partial charge in [0.2, 0.25) is 5.91 Å². The Labute approximate surface area is 113 Å². The van der Waals surface area contributed by atoms with Gasteiger partial charge in [-0.3, -0.25) is 4.79 Å². The molecular formula is C12H14FIN2O. The van der Waals surface area contributed by atoms with E-state index in [2.05, 4.69) is 17.6 Å². The molecule has 2 atom stereocenters. The van der Waals surface area contributed by atoms with Crippen LogP contribution in [0.3, 0.4) is 0 Å². The van der Waals surface area contributed by atoms with Crippen molar-refractivity contribution in [1.29, 1.82) is 0 Å². The van der Waals surface area contributed by atoms with E-state index in [1.807, 2.05) is 22.6 Å². The number of amides is 1. The van der Waals surface area contributed by atoms with E-state index in [0.29, 0.717) is 18.2 Å². The van der Waals surface area contributed by atoms with E-state index in [4.69, 9.17) is 0 Å². The smallest absolute Gasteiger partial charge is 0.229 e. The lowest BCUT2D eigenvalue weighted by Crippen LogP contribution is -2.28. The quantitative estimate of drug-likeness (QED) is 0.805. The molecule has 0 bridgehead atoms. The highest BCUT2D eigenvalue weighted by Gasteiger charge is 2.29. The highest BCUT2D eigenvalue weighted by molar-refractivity contribution is 14.1. The highest BCUT2D eigenvalue weighted by Crippen LogP contribution is 2.22. The SMILES string of the molecule is C[C@@H]1CNC[C@H]1C(=O)Nc1ccc(F)cc1I. The lowest BCUT2D eigenvalue weighted by atomic mass is 9.97. The summed E-state index contributed by atoms with van der Waals surface area (Å²) in [6.45, 7) is 3.64. The molecule has 0 spiro atoms. The Morgan fingerprint density at radius 3 is 2.88 bits per heavy atom. The fraction of sp³-hybridized carbons (Fsp3) is 0.417. The van der Waals surface area contributed by atoms with Crippen molar-refractivity contribution in [3.63, 3.8) is 0 Å². The first-order chi connectivity index (χ1) is 8.08. The van der Waals surface area contributed by atoms with Crippen LogP contribution in [0.5, 0.6) is 0 Å². The van der Waals surface area contributed by atoms with Gasteiger partial charge in [-0.05, 0) is 53.3 Å². The van der Waals surface area contributed by atoms with E-state index in [1.165, 1.54) is 12.1 Å². The van der Waals surface area contributed by atoms with Crippen LogP contribution in [0.25, 0.3) is 0 Å². The zero-order valence-electron chi connectivity index (χ0n) is 9.47. The lowest BCUT2D eigenvalue weighted by Gasteiger charge is -2.15. The van der Waals surface area contributed by atoms with Crippen LogP contribution in [0.2, 0.25) is 0 Å². The van der Waals surface area contributed by atoms with Crippen molar-refractivity contribution in [1.82, 2.24) is 5.32 Å². The second-order valence-corrected chi connectivity index (χ2v) is 5.52. The van der Waals surface area contributed by atoms with E-state index in [-0.39, 0.29) is 17.6 Å². The first-order valence-corrected chi connectivity index (χ1v) is 6.62. The number of rotatable bonds is 2. The molecule has 1 aliphatic rings. The summed E-state index contributed by atoms with van der Waals surface area (Å²) in [6.07, 6.45) is 0. The average Bonchev–Trinajstić information content (AvgIpc) is 2.68. The normalized spacial score (nSPS) is 23.7. The van der Waals surface area contributed by atoms with E-state index in [0.717, 1.165) is 10.1 Å². The van der Waals surface area contributed by atoms with Crippen LogP contribution in [-0.4, -0.2) is 19.0 Å². The van der Waals surface area contributed by atoms with Gasteiger partial charge in [-0.25, -0.2) is 4.39 Å². The summed E-state index contributed by atoms with van der Waals surface area (Å²) < 4.78 is 13.6. The summed E-state index contributed by atoms with van der Waals surface area (Å²) in [5, 5.41) is 6.05. The summed E-state index contributed by atoms with van der Waals surface area (Å²) in [4.78, 5) is 12.0. The summed E-state index contributed by atoms with van der Waals surface area (Å²) in [6, 6.07) is 4.36. The molecule has 2 rings (SSSR count). The number of hydrogen-bond acceptors (Lipinski definition) is 2. The van der Waals surface area contributed by atoms with Crippen molar-refractivity contribution >= 4 is 34.2 Å². The third kappa shape index (κ3) is 2.95. The van der Waals surface area contributed by atoms with Gasteiger partial charge < -0.3 is 10.6 Å². The molecule has 1 amide bonds. The van der Waals surface area contributed by atoms with Gasteiger partial charge in [-0.15, -0.1) is 0 Å². The van der Waals surface area contributed by atoms with E-state index in [1.54, 1.807) is 6.07 Å². The number of halogens is 2. The van der Waals surface area contributed by atoms with E-state index < -0.39 is 0 Å². The van der Waals surface area contributed by atoms with Crippen LogP contribution in [0.1, 0.15) is 6.92 Å². The third-order valence-electron chi connectivity index (χ3n) is 3.04. The van der Waals surface area contributed by atoms with Crippen molar-refractivity contribution in [2.24, 2.45) is 11.8 Å². The topological polar surface area (TPSA) is 41.1 Å². The predicted molar refractivity (Wildman–Crippen MR) is 73.3 cm³/mol. The van der Waals surface area contributed by atoms with Crippen LogP contribution in [0.4, 0.5) is 10.1 Å². The minimum atomic E-state index is -0.289. The summed E-state index contributed by atoms with van der Waals surface area (Å²) in [5.41, 5.74) is 0.677. The van der Waals surface area contributed by atoms with Crippen molar-refractivity contribution in [3.8, 4) is 0 Å². The summed E-state index contributed by atoms with van der Waals surface area (Å²) in [7, 11) is 0. The van der Waals surface area contributed by atoms with E-state index in [9.17, 15) is 9.18 Å². The maximum absolute atomic E-state index is 12.9. The van der Waals surface area contributed by atoms with Crippen LogP contribution in [-0.2, 0) is 4.79 Å². The number of carbonyl (C=O) groups is 1. The van der Waals surface area contributed by atoms with Crippen molar-refractivity contribution < 1.29 is 9.18 Å². The molecule has 1 aromatic rings. The Bertz CT molecular complexity index is 439. The second kappa shape index (κ2) is 5.30. The van der Waals surface area contributed by atoms with Crippen molar-refractivity contribution in [2.45, 2.75) is 6.92 Å². The van der Waals surface area contributed by atoms with Crippen LogP contribution in [0, 0.1) is 21.2 Å². The molecule has 2 N–H and O–H groups in total. The van der Waals surface area contributed by atoms with Crippen LogP contribution in [0.15, 0.2) is 18.2 Å². The number of anilines is 1. The van der Waals surface area contributed by atoms with Gasteiger partial charge >= 0.3 is 0 Å².